The van der Waals surface area contributed by atoms with Crippen LogP contribution in [0.5, 0.6) is 0 Å². The van der Waals surface area contributed by atoms with Crippen molar-refractivity contribution in [3.05, 3.63) is 0 Å². The average Bonchev–Trinajstić information content (AvgIpc) is 3.14. The number of piperidine rings is 1. The topological polar surface area (TPSA) is 63.9 Å². The van der Waals surface area contributed by atoms with E-state index < -0.39 is 0 Å². The molecule has 0 unspecified atom stereocenters. The van der Waals surface area contributed by atoms with Gasteiger partial charge in [-0.05, 0) is 73.7 Å². The molecule has 0 aromatic carbocycles. The first-order valence-corrected chi connectivity index (χ1v) is 11.1. The molecule has 0 radical (unpaired) electrons. The van der Waals surface area contributed by atoms with Gasteiger partial charge in [-0.2, -0.15) is 0 Å². The van der Waals surface area contributed by atoms with E-state index in [1.165, 1.54) is 6.42 Å². The summed E-state index contributed by atoms with van der Waals surface area (Å²) in [4.78, 5) is 2.68. The highest BCUT2D eigenvalue weighted by Crippen LogP contribution is 2.83. The van der Waals surface area contributed by atoms with Gasteiger partial charge < -0.3 is 15.3 Å². The van der Waals surface area contributed by atoms with Gasteiger partial charge in [0.15, 0.2) is 0 Å². The zero-order chi connectivity index (χ0) is 18.2. The summed E-state index contributed by atoms with van der Waals surface area (Å²) in [6.45, 7) is 9.09. The first-order chi connectivity index (χ1) is 12.3. The number of hydrogen-bond donors (Lipinski definition) is 3. The lowest BCUT2D eigenvalue weighted by molar-refractivity contribution is -0.218. The summed E-state index contributed by atoms with van der Waals surface area (Å²) in [5, 5.41) is 34.0. The molecule has 6 aliphatic rings. The molecule has 0 amide bonds. The molecule has 4 nitrogen and oxygen atoms in total. The Balaban J connectivity index is 1.59. The summed E-state index contributed by atoms with van der Waals surface area (Å²) in [7, 11) is 0. The maximum atomic E-state index is 11.5. The zero-order valence-corrected chi connectivity index (χ0v) is 16.4. The molecule has 1 saturated heterocycles. The summed E-state index contributed by atoms with van der Waals surface area (Å²) < 4.78 is 0. The third-order valence-corrected chi connectivity index (χ3v) is 11.0. The van der Waals surface area contributed by atoms with Crippen molar-refractivity contribution in [3.8, 4) is 0 Å². The van der Waals surface area contributed by atoms with Crippen LogP contribution in [0, 0.1) is 45.8 Å². The van der Waals surface area contributed by atoms with Gasteiger partial charge in [0, 0.05) is 23.4 Å². The van der Waals surface area contributed by atoms with Gasteiger partial charge in [0.05, 0.1) is 18.3 Å². The molecule has 7 bridgehead atoms. The van der Waals surface area contributed by atoms with Gasteiger partial charge in [-0.3, -0.25) is 4.90 Å². The molecule has 6 rings (SSSR count). The van der Waals surface area contributed by atoms with Crippen LogP contribution in [0.2, 0.25) is 0 Å². The third-order valence-electron chi connectivity index (χ3n) is 11.0. The van der Waals surface area contributed by atoms with E-state index >= 15 is 0 Å². The summed E-state index contributed by atoms with van der Waals surface area (Å²) in [6.07, 6.45) is 4.15. The number of likely N-dealkylation sites (tertiary alicyclic amines) is 1. The molecule has 6 fully saturated rings. The van der Waals surface area contributed by atoms with E-state index in [1.54, 1.807) is 0 Å². The van der Waals surface area contributed by atoms with Gasteiger partial charge in [0.2, 0.25) is 0 Å². The minimum Gasteiger partial charge on any atom is -0.393 e. The van der Waals surface area contributed by atoms with Crippen molar-refractivity contribution in [1.29, 1.82) is 0 Å². The molecule has 0 aromatic heterocycles. The summed E-state index contributed by atoms with van der Waals surface area (Å²) in [5.74, 6) is 1.80. The predicted octanol–water partition coefficient (Wildman–Crippen LogP) is 1.87. The second-order valence-corrected chi connectivity index (χ2v) is 11.3. The molecule has 5 aliphatic carbocycles. The molecule has 4 heteroatoms. The molecule has 1 heterocycles. The van der Waals surface area contributed by atoms with Crippen molar-refractivity contribution in [2.45, 2.75) is 77.2 Å². The number of fused-ring (bicyclic) bond motifs is 1. The largest absolute Gasteiger partial charge is 0.393 e. The van der Waals surface area contributed by atoms with Gasteiger partial charge in [0.1, 0.15) is 0 Å². The van der Waals surface area contributed by atoms with Crippen LogP contribution >= 0.6 is 0 Å². The number of aliphatic hydroxyl groups is 3. The Morgan fingerprint density at radius 3 is 2.62 bits per heavy atom. The minimum absolute atomic E-state index is 0.0541. The molecule has 2 spiro atoms. The van der Waals surface area contributed by atoms with Crippen molar-refractivity contribution in [3.63, 3.8) is 0 Å². The van der Waals surface area contributed by atoms with Gasteiger partial charge in [-0.1, -0.05) is 20.8 Å². The standard InChI is InChI=1S/C22H35NO3/c1-4-23-10-20(3)6-5-17(25)22-15(20)7-13(18(22)23)21-9-12(11(2)19(21)26)14(24)8-16(21)22/h11-19,24-26H,4-10H2,1-3H3/t11-,12+,13-,14+,15+,16+,17-,18+,19+,20-,21-,22-/m0/s1. The molecular weight excluding hydrogens is 326 g/mol. The molecule has 3 N–H and O–H groups in total. The molecule has 0 aromatic rings. The van der Waals surface area contributed by atoms with Gasteiger partial charge in [-0.15, -0.1) is 0 Å². The summed E-state index contributed by atoms with van der Waals surface area (Å²) in [5.41, 5.74) is 0.142. The van der Waals surface area contributed by atoms with E-state index in [2.05, 4.69) is 25.7 Å². The van der Waals surface area contributed by atoms with Crippen LogP contribution in [-0.4, -0.2) is 57.7 Å². The van der Waals surface area contributed by atoms with Crippen LogP contribution in [0.15, 0.2) is 0 Å². The van der Waals surface area contributed by atoms with E-state index in [1.807, 2.05) is 0 Å². The number of hydrogen-bond acceptors (Lipinski definition) is 4. The summed E-state index contributed by atoms with van der Waals surface area (Å²) in [6, 6.07) is 0.414. The lowest BCUT2D eigenvalue weighted by atomic mass is 9.43. The predicted molar refractivity (Wildman–Crippen MR) is 98.2 cm³/mol. The van der Waals surface area contributed by atoms with Gasteiger partial charge in [0.25, 0.3) is 0 Å². The Bertz CT molecular complexity index is 655. The number of aliphatic hydroxyl groups excluding tert-OH is 3. The lowest BCUT2D eigenvalue weighted by Crippen LogP contribution is -2.68. The highest BCUT2D eigenvalue weighted by atomic mass is 16.3. The zero-order valence-electron chi connectivity index (χ0n) is 16.4. The molecule has 26 heavy (non-hydrogen) atoms. The quantitative estimate of drug-likeness (QED) is 0.667. The highest BCUT2D eigenvalue weighted by Gasteiger charge is 2.85. The maximum absolute atomic E-state index is 11.5. The van der Waals surface area contributed by atoms with Crippen molar-refractivity contribution in [2.24, 2.45) is 45.8 Å². The van der Waals surface area contributed by atoms with Crippen molar-refractivity contribution < 1.29 is 15.3 Å². The monoisotopic (exact) mass is 361 g/mol. The number of rotatable bonds is 1. The molecule has 12 atom stereocenters. The Kier molecular flexibility index (Phi) is 3.03. The SMILES string of the molecule is CCN1C[C@]2(C)CC[C@H](O)[C@@]34[C@@H]2C[C@@H]([C@@H]13)[C@]12C[C@H]([C@H](C)[C@H]1O)[C@H](O)C[C@H]24. The first kappa shape index (κ1) is 16.8. The van der Waals surface area contributed by atoms with Crippen LogP contribution in [0.25, 0.3) is 0 Å². The van der Waals surface area contributed by atoms with Gasteiger partial charge in [-0.25, -0.2) is 0 Å². The Hall–Kier alpha value is -0.160. The second kappa shape index (κ2) is 4.69. The highest BCUT2D eigenvalue weighted by molar-refractivity contribution is 5.34. The van der Waals surface area contributed by atoms with Gasteiger partial charge >= 0.3 is 0 Å². The van der Waals surface area contributed by atoms with Crippen molar-refractivity contribution in [1.82, 2.24) is 4.90 Å². The smallest absolute Gasteiger partial charge is 0.0631 e. The molecule has 146 valence electrons. The van der Waals surface area contributed by atoms with E-state index in [-0.39, 0.29) is 41.0 Å². The van der Waals surface area contributed by atoms with E-state index in [0.717, 1.165) is 38.8 Å². The molecule has 5 saturated carbocycles. The van der Waals surface area contributed by atoms with Crippen LogP contribution in [0.3, 0.4) is 0 Å². The normalized spacial score (nSPS) is 68.3. The van der Waals surface area contributed by atoms with Crippen molar-refractivity contribution in [2.75, 3.05) is 13.1 Å². The van der Waals surface area contributed by atoms with Crippen LogP contribution in [0.4, 0.5) is 0 Å². The second-order valence-electron chi connectivity index (χ2n) is 11.3. The average molecular weight is 362 g/mol. The lowest BCUT2D eigenvalue weighted by Gasteiger charge is -2.65. The fourth-order valence-corrected chi connectivity index (χ4v) is 10.4. The fourth-order valence-electron chi connectivity index (χ4n) is 10.4. The van der Waals surface area contributed by atoms with E-state index in [9.17, 15) is 15.3 Å². The number of nitrogens with zero attached hydrogens (tertiary/aromatic N) is 1. The third kappa shape index (κ3) is 1.41. The Morgan fingerprint density at radius 1 is 1.12 bits per heavy atom. The van der Waals surface area contributed by atoms with Crippen LogP contribution in [-0.2, 0) is 0 Å². The summed E-state index contributed by atoms with van der Waals surface area (Å²) >= 11 is 0. The maximum Gasteiger partial charge on any atom is 0.0631 e. The fraction of sp³-hybridized carbons (Fsp3) is 1.00. The van der Waals surface area contributed by atoms with Crippen LogP contribution in [0.1, 0.15) is 52.9 Å². The first-order valence-electron chi connectivity index (χ1n) is 11.1. The van der Waals surface area contributed by atoms with Crippen LogP contribution < -0.4 is 0 Å². The molecule has 1 aliphatic heterocycles. The van der Waals surface area contributed by atoms with Crippen molar-refractivity contribution >= 4 is 0 Å². The minimum atomic E-state index is -0.306. The van der Waals surface area contributed by atoms with E-state index in [4.69, 9.17) is 0 Å². The van der Waals surface area contributed by atoms with E-state index in [0.29, 0.717) is 29.2 Å². The Morgan fingerprint density at radius 2 is 1.88 bits per heavy atom. The Labute approximate surface area is 157 Å². The molecular formula is C22H35NO3.